The zero-order chi connectivity index (χ0) is 10.8. The van der Waals surface area contributed by atoms with E-state index in [1.807, 2.05) is 0 Å². The van der Waals surface area contributed by atoms with Crippen LogP contribution < -0.4 is 0 Å². The SMILES string of the molecule is CC(C(=O)c1ccco1)C(=O)C1CCC1. The van der Waals surface area contributed by atoms with Crippen molar-refractivity contribution in [2.24, 2.45) is 11.8 Å². The molecule has 0 spiro atoms. The third kappa shape index (κ3) is 1.87. The van der Waals surface area contributed by atoms with Crippen molar-refractivity contribution in [1.29, 1.82) is 0 Å². The Kier molecular flexibility index (Phi) is 2.71. The average Bonchev–Trinajstić information content (AvgIpc) is 2.65. The molecule has 0 saturated heterocycles. The van der Waals surface area contributed by atoms with Crippen LogP contribution in [-0.2, 0) is 4.79 Å². The van der Waals surface area contributed by atoms with Crippen molar-refractivity contribution < 1.29 is 14.0 Å². The van der Waals surface area contributed by atoms with Crippen LogP contribution in [0.15, 0.2) is 22.8 Å². The van der Waals surface area contributed by atoms with E-state index < -0.39 is 5.92 Å². The second-order valence-corrected chi connectivity index (χ2v) is 4.09. The van der Waals surface area contributed by atoms with Gasteiger partial charge in [0.25, 0.3) is 0 Å². The number of furan rings is 1. The van der Waals surface area contributed by atoms with E-state index in [1.165, 1.54) is 6.26 Å². The summed E-state index contributed by atoms with van der Waals surface area (Å²) in [5.74, 6) is -0.282. The second kappa shape index (κ2) is 4.01. The molecule has 0 amide bonds. The van der Waals surface area contributed by atoms with Gasteiger partial charge in [-0.15, -0.1) is 0 Å². The first-order chi connectivity index (χ1) is 7.20. The summed E-state index contributed by atoms with van der Waals surface area (Å²) in [6.45, 7) is 1.67. The van der Waals surface area contributed by atoms with Gasteiger partial charge >= 0.3 is 0 Å². The molecule has 80 valence electrons. The van der Waals surface area contributed by atoms with Crippen LogP contribution in [0.1, 0.15) is 36.7 Å². The van der Waals surface area contributed by atoms with Gasteiger partial charge in [-0.1, -0.05) is 6.42 Å². The zero-order valence-corrected chi connectivity index (χ0v) is 8.73. The van der Waals surface area contributed by atoms with Gasteiger partial charge in [-0.25, -0.2) is 0 Å². The number of carbonyl (C=O) groups excluding carboxylic acids is 2. The molecule has 0 radical (unpaired) electrons. The van der Waals surface area contributed by atoms with Crippen LogP contribution in [0.2, 0.25) is 0 Å². The molecule has 1 fully saturated rings. The summed E-state index contributed by atoms with van der Waals surface area (Å²) in [4.78, 5) is 23.6. The zero-order valence-electron chi connectivity index (χ0n) is 8.73. The van der Waals surface area contributed by atoms with E-state index in [4.69, 9.17) is 4.42 Å². The molecule has 1 heterocycles. The van der Waals surface area contributed by atoms with Crippen LogP contribution in [0.3, 0.4) is 0 Å². The Morgan fingerprint density at radius 2 is 2.20 bits per heavy atom. The Labute approximate surface area is 88.5 Å². The lowest BCUT2D eigenvalue weighted by Crippen LogP contribution is -2.31. The molecule has 0 aliphatic heterocycles. The molecule has 0 bridgehead atoms. The van der Waals surface area contributed by atoms with Gasteiger partial charge in [-0.3, -0.25) is 9.59 Å². The monoisotopic (exact) mass is 206 g/mol. The van der Waals surface area contributed by atoms with Crippen LogP contribution >= 0.6 is 0 Å². The molecular weight excluding hydrogens is 192 g/mol. The number of carbonyl (C=O) groups is 2. The van der Waals surface area contributed by atoms with Crippen LogP contribution in [0.5, 0.6) is 0 Å². The van der Waals surface area contributed by atoms with Gasteiger partial charge in [0.1, 0.15) is 5.78 Å². The van der Waals surface area contributed by atoms with Crippen molar-refractivity contribution in [2.75, 3.05) is 0 Å². The van der Waals surface area contributed by atoms with Gasteiger partial charge in [-0.05, 0) is 31.9 Å². The fraction of sp³-hybridized carbons (Fsp3) is 0.500. The molecule has 1 aromatic heterocycles. The first-order valence-electron chi connectivity index (χ1n) is 5.31. The minimum absolute atomic E-state index is 0.0719. The summed E-state index contributed by atoms with van der Waals surface area (Å²) >= 11 is 0. The molecule has 1 aliphatic rings. The van der Waals surface area contributed by atoms with Gasteiger partial charge in [-0.2, -0.15) is 0 Å². The van der Waals surface area contributed by atoms with Crippen molar-refractivity contribution in [3.8, 4) is 0 Å². The highest BCUT2D eigenvalue weighted by molar-refractivity contribution is 6.09. The van der Waals surface area contributed by atoms with Crippen LogP contribution in [-0.4, -0.2) is 11.6 Å². The Hall–Kier alpha value is -1.38. The third-order valence-corrected chi connectivity index (χ3v) is 3.09. The van der Waals surface area contributed by atoms with Crippen LogP contribution in [0.25, 0.3) is 0 Å². The number of ketones is 2. The lowest BCUT2D eigenvalue weighted by molar-refractivity contribution is -0.127. The number of hydrogen-bond donors (Lipinski definition) is 0. The molecule has 1 aromatic rings. The Morgan fingerprint density at radius 3 is 2.67 bits per heavy atom. The van der Waals surface area contributed by atoms with Crippen molar-refractivity contribution >= 4 is 11.6 Å². The van der Waals surface area contributed by atoms with Gasteiger partial charge in [0.05, 0.1) is 12.2 Å². The number of hydrogen-bond acceptors (Lipinski definition) is 3. The average molecular weight is 206 g/mol. The summed E-state index contributed by atoms with van der Waals surface area (Å²) in [6.07, 6.45) is 4.44. The third-order valence-electron chi connectivity index (χ3n) is 3.09. The highest BCUT2D eigenvalue weighted by atomic mass is 16.3. The Morgan fingerprint density at radius 1 is 1.47 bits per heavy atom. The highest BCUT2D eigenvalue weighted by Gasteiger charge is 2.33. The maximum atomic E-state index is 11.8. The van der Waals surface area contributed by atoms with Gasteiger partial charge in [0.2, 0.25) is 5.78 Å². The van der Waals surface area contributed by atoms with Crippen molar-refractivity contribution in [3.63, 3.8) is 0 Å². The smallest absolute Gasteiger partial charge is 0.208 e. The summed E-state index contributed by atoms with van der Waals surface area (Å²) in [5, 5.41) is 0. The highest BCUT2D eigenvalue weighted by Crippen LogP contribution is 2.30. The summed E-state index contributed by atoms with van der Waals surface area (Å²) in [5.41, 5.74) is 0. The predicted molar refractivity (Wildman–Crippen MR) is 54.6 cm³/mol. The molecule has 1 aliphatic carbocycles. The summed E-state index contributed by atoms with van der Waals surface area (Å²) in [6, 6.07) is 3.26. The Balaban J connectivity index is 2.04. The van der Waals surface area contributed by atoms with E-state index in [2.05, 4.69) is 0 Å². The van der Waals surface area contributed by atoms with E-state index in [0.29, 0.717) is 0 Å². The summed E-state index contributed by atoms with van der Waals surface area (Å²) < 4.78 is 5.00. The molecule has 1 unspecified atom stereocenters. The number of Topliss-reactive ketones (excluding diaryl/α,β-unsaturated/α-hetero) is 2. The molecule has 3 heteroatoms. The maximum absolute atomic E-state index is 11.8. The molecule has 2 rings (SSSR count). The standard InChI is InChI=1S/C12H14O3/c1-8(11(13)9-4-2-5-9)12(14)10-6-3-7-15-10/h3,6-9H,2,4-5H2,1H3. The van der Waals surface area contributed by atoms with E-state index in [-0.39, 0.29) is 23.2 Å². The normalized spacial score (nSPS) is 18.2. The minimum atomic E-state index is -0.554. The first kappa shape index (κ1) is 10.1. The molecule has 0 N–H and O–H groups in total. The fourth-order valence-electron chi connectivity index (χ4n) is 1.81. The Bertz CT molecular complexity index is 360. The quantitative estimate of drug-likeness (QED) is 0.561. The molecule has 1 saturated carbocycles. The van der Waals surface area contributed by atoms with E-state index in [1.54, 1.807) is 19.1 Å². The second-order valence-electron chi connectivity index (χ2n) is 4.09. The predicted octanol–water partition coefficient (Wildman–Crippen LogP) is 2.47. The van der Waals surface area contributed by atoms with Crippen LogP contribution in [0.4, 0.5) is 0 Å². The summed E-state index contributed by atoms with van der Waals surface area (Å²) in [7, 11) is 0. The molecule has 3 nitrogen and oxygen atoms in total. The molecule has 1 atom stereocenters. The first-order valence-corrected chi connectivity index (χ1v) is 5.31. The van der Waals surface area contributed by atoms with Gasteiger partial charge in [0.15, 0.2) is 5.76 Å². The largest absolute Gasteiger partial charge is 0.461 e. The van der Waals surface area contributed by atoms with Gasteiger partial charge in [0, 0.05) is 5.92 Å². The maximum Gasteiger partial charge on any atom is 0.208 e. The molecular formula is C12H14O3. The van der Waals surface area contributed by atoms with Crippen LogP contribution in [0, 0.1) is 11.8 Å². The van der Waals surface area contributed by atoms with E-state index in [9.17, 15) is 9.59 Å². The molecule has 0 aromatic carbocycles. The van der Waals surface area contributed by atoms with Crippen molar-refractivity contribution in [2.45, 2.75) is 26.2 Å². The van der Waals surface area contributed by atoms with E-state index >= 15 is 0 Å². The lowest BCUT2D eigenvalue weighted by atomic mass is 9.77. The lowest BCUT2D eigenvalue weighted by Gasteiger charge is -2.25. The number of rotatable bonds is 4. The van der Waals surface area contributed by atoms with Gasteiger partial charge < -0.3 is 4.42 Å². The minimum Gasteiger partial charge on any atom is -0.461 e. The van der Waals surface area contributed by atoms with Crippen molar-refractivity contribution in [1.82, 2.24) is 0 Å². The molecule has 15 heavy (non-hydrogen) atoms. The van der Waals surface area contributed by atoms with Crippen molar-refractivity contribution in [3.05, 3.63) is 24.2 Å². The fourth-order valence-corrected chi connectivity index (χ4v) is 1.81. The topological polar surface area (TPSA) is 47.3 Å². The van der Waals surface area contributed by atoms with E-state index in [0.717, 1.165) is 19.3 Å².